The minimum absolute atomic E-state index is 0.0881. The lowest BCUT2D eigenvalue weighted by atomic mass is 10.2. The van der Waals surface area contributed by atoms with Crippen LogP contribution in [0.2, 0.25) is 18.1 Å². The van der Waals surface area contributed by atoms with E-state index in [1.807, 2.05) is 0 Å². The molecule has 0 radical (unpaired) electrons. The van der Waals surface area contributed by atoms with Gasteiger partial charge >= 0.3 is 0 Å². The molecule has 0 saturated carbocycles. The van der Waals surface area contributed by atoms with E-state index < -0.39 is 8.32 Å². The van der Waals surface area contributed by atoms with E-state index in [0.29, 0.717) is 5.76 Å². The minimum Gasteiger partial charge on any atom is -0.461 e. The molecule has 4 heteroatoms. The molecule has 0 aromatic carbocycles. The number of Topliss-reactive ketones (excluding diaryl/α,β-unsaturated/α-hetero) is 1. The molecule has 0 N–H and O–H groups in total. The molecule has 1 aromatic heterocycles. The van der Waals surface area contributed by atoms with Gasteiger partial charge in [-0.15, -0.1) is 0 Å². The van der Waals surface area contributed by atoms with Gasteiger partial charge in [0.1, 0.15) is 6.61 Å². The summed E-state index contributed by atoms with van der Waals surface area (Å²) in [6, 6.07) is 3.37. The summed E-state index contributed by atoms with van der Waals surface area (Å²) >= 11 is 0. The molecule has 0 aliphatic rings. The fraction of sp³-hybridized carbons (Fsp3) is 0.583. The molecule has 0 spiro atoms. The second kappa shape index (κ2) is 4.55. The molecule has 0 aliphatic carbocycles. The van der Waals surface area contributed by atoms with Crippen LogP contribution >= 0.6 is 0 Å². The van der Waals surface area contributed by atoms with Crippen molar-refractivity contribution in [1.29, 1.82) is 0 Å². The number of furan rings is 1. The quantitative estimate of drug-likeness (QED) is 0.597. The van der Waals surface area contributed by atoms with Crippen LogP contribution in [-0.2, 0) is 4.43 Å². The van der Waals surface area contributed by atoms with E-state index in [4.69, 9.17) is 8.84 Å². The smallest absolute Gasteiger partial charge is 0.222 e. The highest BCUT2D eigenvalue weighted by molar-refractivity contribution is 6.74. The lowest BCUT2D eigenvalue weighted by Crippen LogP contribution is -2.42. The van der Waals surface area contributed by atoms with E-state index >= 15 is 0 Å². The zero-order valence-electron chi connectivity index (χ0n) is 10.7. The lowest BCUT2D eigenvalue weighted by Gasteiger charge is -2.35. The maximum atomic E-state index is 11.7. The third-order valence-electron chi connectivity index (χ3n) is 3.17. The van der Waals surface area contributed by atoms with Crippen LogP contribution in [0, 0.1) is 0 Å². The van der Waals surface area contributed by atoms with Crippen molar-refractivity contribution in [2.45, 2.75) is 38.9 Å². The van der Waals surface area contributed by atoms with Crippen molar-refractivity contribution in [3.05, 3.63) is 24.2 Å². The Morgan fingerprint density at radius 1 is 1.44 bits per heavy atom. The average Bonchev–Trinajstić information content (AvgIpc) is 2.65. The molecule has 1 aromatic rings. The van der Waals surface area contributed by atoms with Crippen LogP contribution in [-0.4, -0.2) is 20.7 Å². The topological polar surface area (TPSA) is 39.4 Å². The Hall–Kier alpha value is -0.873. The second-order valence-corrected chi connectivity index (χ2v) is 10.3. The number of carbonyl (C=O) groups excluding carboxylic acids is 1. The Bertz CT molecular complexity index is 347. The normalized spacial score (nSPS) is 12.8. The van der Waals surface area contributed by atoms with E-state index in [2.05, 4.69) is 33.9 Å². The van der Waals surface area contributed by atoms with Gasteiger partial charge in [0.25, 0.3) is 0 Å². The predicted octanol–water partition coefficient (Wildman–Crippen LogP) is 3.48. The summed E-state index contributed by atoms with van der Waals surface area (Å²) < 4.78 is 10.8. The molecule has 3 nitrogen and oxygen atoms in total. The first-order chi connectivity index (χ1) is 7.24. The second-order valence-electron chi connectivity index (χ2n) is 5.45. The fourth-order valence-electron chi connectivity index (χ4n) is 0.971. The van der Waals surface area contributed by atoms with Crippen LogP contribution in [0.25, 0.3) is 0 Å². The number of carbonyl (C=O) groups is 1. The Kier molecular flexibility index (Phi) is 3.75. The highest BCUT2D eigenvalue weighted by atomic mass is 28.4. The number of hydrogen-bond donors (Lipinski definition) is 0. The highest BCUT2D eigenvalue weighted by Gasteiger charge is 2.37. The Balaban J connectivity index is 2.56. The van der Waals surface area contributed by atoms with Crippen molar-refractivity contribution in [3.8, 4) is 0 Å². The molecule has 0 fully saturated rings. The van der Waals surface area contributed by atoms with Gasteiger partial charge in [0.05, 0.1) is 6.26 Å². The van der Waals surface area contributed by atoms with E-state index in [1.165, 1.54) is 6.26 Å². The number of hydrogen-bond acceptors (Lipinski definition) is 3. The first kappa shape index (κ1) is 13.2. The van der Waals surface area contributed by atoms with Gasteiger partial charge in [-0.2, -0.15) is 0 Å². The molecule has 0 aliphatic heterocycles. The standard InChI is InChI=1S/C12H20O3Si/c1-12(2,3)16(4,5)15-9-10(13)11-7-6-8-14-11/h6-8H,9H2,1-5H3. The van der Waals surface area contributed by atoms with E-state index in [1.54, 1.807) is 12.1 Å². The van der Waals surface area contributed by atoms with Gasteiger partial charge in [0.15, 0.2) is 14.1 Å². The summed E-state index contributed by atoms with van der Waals surface area (Å²) in [7, 11) is -1.84. The zero-order valence-corrected chi connectivity index (χ0v) is 11.7. The lowest BCUT2D eigenvalue weighted by molar-refractivity contribution is 0.0883. The summed E-state index contributed by atoms with van der Waals surface area (Å²) in [6.45, 7) is 10.8. The predicted molar refractivity (Wildman–Crippen MR) is 66.2 cm³/mol. The molecule has 0 saturated heterocycles. The Labute approximate surface area is 97.9 Å². The van der Waals surface area contributed by atoms with Gasteiger partial charge in [-0.3, -0.25) is 4.79 Å². The molecular formula is C12H20O3Si. The van der Waals surface area contributed by atoms with Gasteiger partial charge < -0.3 is 8.84 Å². The Morgan fingerprint density at radius 3 is 2.50 bits per heavy atom. The molecule has 0 amide bonds. The largest absolute Gasteiger partial charge is 0.461 e. The zero-order chi connectivity index (χ0) is 12.4. The molecule has 0 unspecified atom stereocenters. The van der Waals surface area contributed by atoms with Crippen molar-refractivity contribution in [2.75, 3.05) is 6.61 Å². The summed E-state index contributed by atoms with van der Waals surface area (Å²) in [5, 5.41) is 0.121. The van der Waals surface area contributed by atoms with Crippen LogP contribution in [0.4, 0.5) is 0 Å². The van der Waals surface area contributed by atoms with Crippen molar-refractivity contribution in [2.24, 2.45) is 0 Å². The van der Waals surface area contributed by atoms with Crippen LogP contribution < -0.4 is 0 Å². The molecule has 0 atom stereocenters. The summed E-state index contributed by atoms with van der Waals surface area (Å²) in [5.74, 6) is 0.286. The monoisotopic (exact) mass is 240 g/mol. The molecule has 1 heterocycles. The maximum Gasteiger partial charge on any atom is 0.222 e. The molecular weight excluding hydrogens is 220 g/mol. The van der Waals surface area contributed by atoms with Gasteiger partial charge in [-0.05, 0) is 30.3 Å². The minimum atomic E-state index is -1.84. The molecule has 90 valence electrons. The van der Waals surface area contributed by atoms with E-state index in [9.17, 15) is 4.79 Å². The first-order valence-corrected chi connectivity index (χ1v) is 8.35. The van der Waals surface area contributed by atoms with Gasteiger partial charge in [-0.1, -0.05) is 20.8 Å². The third kappa shape index (κ3) is 3.06. The number of rotatable bonds is 4. The van der Waals surface area contributed by atoms with Gasteiger partial charge in [-0.25, -0.2) is 0 Å². The first-order valence-electron chi connectivity index (χ1n) is 5.45. The van der Waals surface area contributed by atoms with Crippen LogP contribution in [0.15, 0.2) is 22.8 Å². The molecule has 0 bridgehead atoms. The van der Waals surface area contributed by atoms with Crippen LogP contribution in [0.3, 0.4) is 0 Å². The summed E-state index contributed by atoms with van der Waals surface area (Å²) in [6.07, 6.45) is 1.50. The number of ketones is 1. The van der Waals surface area contributed by atoms with Gasteiger partial charge in [0.2, 0.25) is 5.78 Å². The molecule has 1 rings (SSSR count). The van der Waals surface area contributed by atoms with Crippen molar-refractivity contribution in [1.82, 2.24) is 0 Å². The van der Waals surface area contributed by atoms with Crippen LogP contribution in [0.5, 0.6) is 0 Å². The van der Waals surface area contributed by atoms with E-state index in [-0.39, 0.29) is 17.4 Å². The SMILES string of the molecule is CC(C)(C)[Si](C)(C)OCC(=O)c1ccco1. The molecule has 16 heavy (non-hydrogen) atoms. The Morgan fingerprint density at radius 2 is 2.06 bits per heavy atom. The van der Waals surface area contributed by atoms with Crippen molar-refractivity contribution in [3.63, 3.8) is 0 Å². The fourth-order valence-corrected chi connectivity index (χ4v) is 1.90. The highest BCUT2D eigenvalue weighted by Crippen LogP contribution is 2.36. The van der Waals surface area contributed by atoms with E-state index in [0.717, 1.165) is 0 Å². The van der Waals surface area contributed by atoms with Crippen molar-refractivity contribution >= 4 is 14.1 Å². The van der Waals surface area contributed by atoms with Gasteiger partial charge in [0, 0.05) is 0 Å². The van der Waals surface area contributed by atoms with Crippen LogP contribution in [0.1, 0.15) is 31.3 Å². The average molecular weight is 240 g/mol. The summed E-state index contributed by atoms with van der Waals surface area (Å²) in [5.41, 5.74) is 0. The third-order valence-corrected chi connectivity index (χ3v) is 7.64. The maximum absolute atomic E-state index is 11.7. The summed E-state index contributed by atoms with van der Waals surface area (Å²) in [4.78, 5) is 11.7. The van der Waals surface area contributed by atoms with Crippen molar-refractivity contribution < 1.29 is 13.6 Å².